The second kappa shape index (κ2) is 6.58. The number of amides is 1. The Hall–Kier alpha value is -1.31. The number of hydrogen-bond donors (Lipinski definition) is 2. The zero-order valence-corrected chi connectivity index (χ0v) is 11.9. The van der Waals surface area contributed by atoms with Crippen LogP contribution in [0.3, 0.4) is 0 Å². The molecule has 0 spiro atoms. The maximum Gasteiger partial charge on any atom is 0.261 e. The van der Waals surface area contributed by atoms with Gasteiger partial charge in [-0.05, 0) is 17.5 Å². The van der Waals surface area contributed by atoms with Crippen molar-refractivity contribution in [2.45, 2.75) is 27.2 Å². The van der Waals surface area contributed by atoms with Crippen molar-refractivity contribution in [3.63, 3.8) is 0 Å². The number of carbonyl (C=O) groups is 1. The number of aliphatic hydroxyl groups excluding tert-OH is 1. The smallest absolute Gasteiger partial charge is 0.261 e. The molecule has 1 aromatic heterocycles. The number of aliphatic hydroxyl groups is 1. The second-order valence-electron chi connectivity index (χ2n) is 5.18. The lowest BCUT2D eigenvalue weighted by atomic mass is 9.97. The highest BCUT2D eigenvalue weighted by molar-refractivity contribution is 7.14. The molecule has 1 amide bonds. The van der Waals surface area contributed by atoms with E-state index in [4.69, 9.17) is 5.11 Å². The molecule has 0 saturated carbocycles. The van der Waals surface area contributed by atoms with E-state index in [2.05, 4.69) is 37.9 Å². The van der Waals surface area contributed by atoms with E-state index in [1.54, 1.807) is 6.07 Å². The van der Waals surface area contributed by atoms with Gasteiger partial charge in [-0.2, -0.15) is 0 Å². The van der Waals surface area contributed by atoms with Crippen LogP contribution in [0, 0.1) is 17.3 Å². The third-order valence-electron chi connectivity index (χ3n) is 2.06. The first-order valence-corrected chi connectivity index (χ1v) is 6.72. The van der Waals surface area contributed by atoms with Crippen molar-refractivity contribution in [2.24, 2.45) is 5.41 Å². The summed E-state index contributed by atoms with van der Waals surface area (Å²) in [5, 5.41) is 11.5. The van der Waals surface area contributed by atoms with E-state index in [0.717, 1.165) is 4.88 Å². The van der Waals surface area contributed by atoms with Crippen molar-refractivity contribution in [1.82, 2.24) is 5.32 Å². The minimum Gasteiger partial charge on any atom is -0.395 e. The van der Waals surface area contributed by atoms with Gasteiger partial charge in [-0.25, -0.2) is 0 Å². The maximum atomic E-state index is 11.8. The Morgan fingerprint density at radius 3 is 2.78 bits per heavy atom. The molecule has 18 heavy (non-hydrogen) atoms. The number of nitrogens with one attached hydrogen (secondary N) is 1. The minimum absolute atomic E-state index is 0.0508. The van der Waals surface area contributed by atoms with Crippen LogP contribution in [0.2, 0.25) is 0 Å². The number of carbonyl (C=O) groups excluding carboxylic acids is 1. The summed E-state index contributed by atoms with van der Waals surface area (Å²) >= 11 is 1.37. The molecule has 0 bridgehead atoms. The molecule has 0 aliphatic heterocycles. The van der Waals surface area contributed by atoms with Gasteiger partial charge in [-0.1, -0.05) is 32.6 Å². The fourth-order valence-electron chi connectivity index (χ4n) is 1.17. The predicted molar refractivity (Wildman–Crippen MR) is 74.7 cm³/mol. The predicted octanol–water partition coefficient (Wildman–Crippen LogP) is 2.26. The molecule has 2 N–H and O–H groups in total. The molecule has 0 saturated heterocycles. The van der Waals surface area contributed by atoms with Gasteiger partial charge in [0, 0.05) is 13.0 Å². The van der Waals surface area contributed by atoms with Gasteiger partial charge in [0.05, 0.1) is 16.4 Å². The Balaban J connectivity index is 2.58. The summed E-state index contributed by atoms with van der Waals surface area (Å²) in [4.78, 5) is 13.4. The van der Waals surface area contributed by atoms with Crippen LogP contribution in [0.5, 0.6) is 0 Å². The first kappa shape index (κ1) is 14.7. The molecule has 0 atom stereocenters. The lowest BCUT2D eigenvalue weighted by Crippen LogP contribution is -2.31. The van der Waals surface area contributed by atoms with Crippen LogP contribution < -0.4 is 5.32 Å². The molecule has 0 aliphatic rings. The minimum atomic E-state index is -0.0508. The van der Waals surface area contributed by atoms with Crippen LogP contribution in [-0.4, -0.2) is 24.2 Å². The van der Waals surface area contributed by atoms with Gasteiger partial charge < -0.3 is 10.4 Å². The molecular weight excluding hydrogens is 246 g/mol. The first-order valence-electron chi connectivity index (χ1n) is 5.90. The van der Waals surface area contributed by atoms with Crippen molar-refractivity contribution in [1.29, 1.82) is 0 Å². The molecular formula is C14H19NO2S. The van der Waals surface area contributed by atoms with E-state index in [1.165, 1.54) is 11.3 Å². The van der Waals surface area contributed by atoms with Crippen LogP contribution in [0.4, 0.5) is 0 Å². The summed E-state index contributed by atoms with van der Waals surface area (Å²) in [6.07, 6.45) is 0.462. The summed E-state index contributed by atoms with van der Waals surface area (Å²) in [5.41, 5.74) is 0.0800. The van der Waals surface area contributed by atoms with Gasteiger partial charge in [-0.3, -0.25) is 4.79 Å². The monoisotopic (exact) mass is 265 g/mol. The molecule has 1 aromatic rings. The van der Waals surface area contributed by atoms with Gasteiger partial charge >= 0.3 is 0 Å². The van der Waals surface area contributed by atoms with Crippen LogP contribution in [0.1, 0.15) is 41.7 Å². The molecule has 4 heteroatoms. The fourth-order valence-corrected chi connectivity index (χ4v) is 1.96. The number of rotatable bonds is 3. The summed E-state index contributed by atoms with van der Waals surface area (Å²) in [6.45, 7) is 6.95. The van der Waals surface area contributed by atoms with E-state index >= 15 is 0 Å². The van der Waals surface area contributed by atoms with E-state index in [9.17, 15) is 4.79 Å². The Kier molecular flexibility index (Phi) is 5.39. The van der Waals surface area contributed by atoms with Crippen LogP contribution >= 0.6 is 11.3 Å². The number of hydrogen-bond acceptors (Lipinski definition) is 3. The highest BCUT2D eigenvalue weighted by atomic mass is 32.1. The third-order valence-corrected chi connectivity index (χ3v) is 3.06. The summed E-state index contributed by atoms with van der Waals surface area (Å²) in [5.74, 6) is 5.71. The second-order valence-corrected chi connectivity index (χ2v) is 6.27. The molecule has 0 aromatic carbocycles. The molecule has 1 rings (SSSR count). The van der Waals surface area contributed by atoms with Gasteiger partial charge in [0.1, 0.15) is 0 Å². The Morgan fingerprint density at radius 1 is 1.44 bits per heavy atom. The van der Waals surface area contributed by atoms with Gasteiger partial charge in [0.15, 0.2) is 0 Å². The van der Waals surface area contributed by atoms with Gasteiger partial charge in [0.2, 0.25) is 0 Å². The SMILES string of the molecule is CC(C)(C)CNC(=O)c1ccc(C#CCCO)s1. The topological polar surface area (TPSA) is 49.3 Å². The van der Waals surface area contributed by atoms with Crippen molar-refractivity contribution in [3.8, 4) is 11.8 Å². The van der Waals surface area contributed by atoms with Gasteiger partial charge in [0.25, 0.3) is 5.91 Å². The third kappa shape index (κ3) is 5.35. The number of thiophene rings is 1. The average molecular weight is 265 g/mol. The lowest BCUT2D eigenvalue weighted by Gasteiger charge is -2.18. The van der Waals surface area contributed by atoms with Crippen LogP contribution in [-0.2, 0) is 0 Å². The molecule has 0 radical (unpaired) electrons. The molecule has 0 aliphatic carbocycles. The fraction of sp³-hybridized carbons (Fsp3) is 0.500. The first-order chi connectivity index (χ1) is 8.42. The summed E-state index contributed by atoms with van der Waals surface area (Å²) in [7, 11) is 0. The summed E-state index contributed by atoms with van der Waals surface area (Å²) < 4.78 is 0. The Morgan fingerprint density at radius 2 is 2.17 bits per heavy atom. The normalized spacial score (nSPS) is 10.7. The van der Waals surface area contributed by atoms with Crippen molar-refractivity contribution in [3.05, 3.63) is 21.9 Å². The largest absolute Gasteiger partial charge is 0.395 e. The van der Waals surface area contributed by atoms with E-state index in [-0.39, 0.29) is 17.9 Å². The molecule has 3 nitrogen and oxygen atoms in total. The molecule has 0 unspecified atom stereocenters. The summed E-state index contributed by atoms with van der Waals surface area (Å²) in [6, 6.07) is 3.62. The maximum absolute atomic E-state index is 11.8. The molecule has 0 fully saturated rings. The quantitative estimate of drug-likeness (QED) is 0.824. The molecule has 98 valence electrons. The van der Waals surface area contributed by atoms with Crippen LogP contribution in [0.25, 0.3) is 0 Å². The highest BCUT2D eigenvalue weighted by Gasteiger charge is 2.14. The highest BCUT2D eigenvalue weighted by Crippen LogP contribution is 2.16. The zero-order valence-electron chi connectivity index (χ0n) is 11.0. The van der Waals surface area contributed by atoms with E-state index in [1.807, 2.05) is 6.07 Å². The zero-order chi connectivity index (χ0) is 13.6. The standard InChI is InChI=1S/C14H19NO2S/c1-14(2,3)10-15-13(17)12-8-7-11(18-12)6-4-5-9-16/h7-8,16H,5,9-10H2,1-3H3,(H,15,17). The van der Waals surface area contributed by atoms with E-state index in [0.29, 0.717) is 17.8 Å². The Bertz CT molecular complexity index is 460. The van der Waals surface area contributed by atoms with Crippen molar-refractivity contribution >= 4 is 17.2 Å². The Labute approximate surface area is 112 Å². The van der Waals surface area contributed by atoms with Gasteiger partial charge in [-0.15, -0.1) is 11.3 Å². The average Bonchev–Trinajstić information content (AvgIpc) is 2.74. The lowest BCUT2D eigenvalue weighted by molar-refractivity contribution is 0.0943. The molecule has 1 heterocycles. The van der Waals surface area contributed by atoms with E-state index < -0.39 is 0 Å². The van der Waals surface area contributed by atoms with Crippen molar-refractivity contribution in [2.75, 3.05) is 13.2 Å². The van der Waals surface area contributed by atoms with Crippen LogP contribution in [0.15, 0.2) is 12.1 Å². The van der Waals surface area contributed by atoms with Crippen molar-refractivity contribution < 1.29 is 9.90 Å².